The van der Waals surface area contributed by atoms with Gasteiger partial charge in [0.15, 0.2) is 0 Å². The maximum atomic E-state index is 12.4. The summed E-state index contributed by atoms with van der Waals surface area (Å²) in [5, 5.41) is 0. The molecule has 1 aliphatic rings. The predicted octanol–water partition coefficient (Wildman–Crippen LogP) is 1.29. The molecule has 1 aromatic rings. The van der Waals surface area contributed by atoms with Crippen LogP contribution >= 0.6 is 0 Å². The highest BCUT2D eigenvalue weighted by Crippen LogP contribution is 2.34. The van der Waals surface area contributed by atoms with E-state index < -0.39 is 10.0 Å². The first kappa shape index (κ1) is 14.4. The zero-order valence-corrected chi connectivity index (χ0v) is 11.8. The Morgan fingerprint density at radius 1 is 1.32 bits per heavy atom. The van der Waals surface area contributed by atoms with Crippen LogP contribution in [0.25, 0.3) is 0 Å². The highest BCUT2D eigenvalue weighted by atomic mass is 32.2. The van der Waals surface area contributed by atoms with Crippen molar-refractivity contribution in [1.29, 1.82) is 0 Å². The standard InChI is InChI=1S/C13H21N3O2S/c14-7-1-2-11-19(17,18)16-10-3-4-13(16)12-5-8-15-9-6-12/h5-6,8-9,13H,1-4,7,10-11,14H2. The first-order chi connectivity index (χ1) is 9.15. The number of nitrogens with two attached hydrogens (primary N) is 1. The van der Waals surface area contributed by atoms with Crippen LogP contribution in [0.3, 0.4) is 0 Å². The summed E-state index contributed by atoms with van der Waals surface area (Å²) in [6.45, 7) is 1.17. The average Bonchev–Trinajstić information content (AvgIpc) is 2.90. The molecule has 2 heterocycles. The van der Waals surface area contributed by atoms with E-state index in [0.29, 0.717) is 19.5 Å². The number of hydrogen-bond acceptors (Lipinski definition) is 4. The van der Waals surface area contributed by atoms with Gasteiger partial charge >= 0.3 is 0 Å². The van der Waals surface area contributed by atoms with Gasteiger partial charge in [-0.3, -0.25) is 4.98 Å². The minimum Gasteiger partial charge on any atom is -0.330 e. The maximum absolute atomic E-state index is 12.4. The number of hydrogen-bond donors (Lipinski definition) is 1. The minimum atomic E-state index is -3.17. The summed E-state index contributed by atoms with van der Waals surface area (Å²) in [4.78, 5) is 3.98. The first-order valence-electron chi connectivity index (χ1n) is 6.74. The Labute approximate surface area is 114 Å². The molecular weight excluding hydrogens is 262 g/mol. The number of aromatic nitrogens is 1. The van der Waals surface area contributed by atoms with Gasteiger partial charge in [0.2, 0.25) is 10.0 Å². The minimum absolute atomic E-state index is 0.0223. The highest BCUT2D eigenvalue weighted by Gasteiger charge is 2.34. The van der Waals surface area contributed by atoms with Crippen molar-refractivity contribution in [2.75, 3.05) is 18.8 Å². The third kappa shape index (κ3) is 3.52. The fourth-order valence-electron chi connectivity index (χ4n) is 2.54. The topological polar surface area (TPSA) is 76.3 Å². The van der Waals surface area contributed by atoms with Crippen molar-refractivity contribution in [2.24, 2.45) is 5.73 Å². The molecule has 1 aromatic heterocycles. The third-order valence-electron chi connectivity index (χ3n) is 3.51. The molecule has 0 saturated carbocycles. The smallest absolute Gasteiger partial charge is 0.214 e. The quantitative estimate of drug-likeness (QED) is 0.798. The molecule has 1 unspecified atom stereocenters. The zero-order valence-electron chi connectivity index (χ0n) is 11.0. The molecule has 5 nitrogen and oxygen atoms in total. The fraction of sp³-hybridized carbons (Fsp3) is 0.615. The summed E-state index contributed by atoms with van der Waals surface area (Å²) in [6.07, 6.45) is 6.63. The molecule has 19 heavy (non-hydrogen) atoms. The van der Waals surface area contributed by atoms with Crippen molar-refractivity contribution in [1.82, 2.24) is 9.29 Å². The van der Waals surface area contributed by atoms with Crippen molar-refractivity contribution in [2.45, 2.75) is 31.7 Å². The maximum Gasteiger partial charge on any atom is 0.214 e. The van der Waals surface area contributed by atoms with Crippen LogP contribution in [0.15, 0.2) is 24.5 Å². The molecule has 1 fully saturated rings. The van der Waals surface area contributed by atoms with Gasteiger partial charge in [-0.25, -0.2) is 8.42 Å². The van der Waals surface area contributed by atoms with Crippen molar-refractivity contribution >= 4 is 10.0 Å². The Balaban J connectivity index is 2.10. The van der Waals surface area contributed by atoms with Gasteiger partial charge < -0.3 is 5.73 Å². The average molecular weight is 283 g/mol. The summed E-state index contributed by atoms with van der Waals surface area (Å²) < 4.78 is 26.4. The molecule has 0 amide bonds. The largest absolute Gasteiger partial charge is 0.330 e. The number of unbranched alkanes of at least 4 members (excludes halogenated alkanes) is 1. The second kappa shape index (κ2) is 6.45. The Kier molecular flexibility index (Phi) is 4.90. The molecule has 0 aromatic carbocycles. The van der Waals surface area contributed by atoms with Crippen LogP contribution in [-0.4, -0.2) is 36.5 Å². The van der Waals surface area contributed by atoms with E-state index in [1.807, 2.05) is 12.1 Å². The van der Waals surface area contributed by atoms with Gasteiger partial charge in [-0.1, -0.05) is 0 Å². The van der Waals surface area contributed by atoms with Crippen molar-refractivity contribution in [3.63, 3.8) is 0 Å². The highest BCUT2D eigenvalue weighted by molar-refractivity contribution is 7.89. The van der Waals surface area contributed by atoms with E-state index in [1.54, 1.807) is 16.7 Å². The second-order valence-corrected chi connectivity index (χ2v) is 6.90. The van der Waals surface area contributed by atoms with E-state index in [4.69, 9.17) is 5.73 Å². The van der Waals surface area contributed by atoms with E-state index >= 15 is 0 Å². The summed E-state index contributed by atoms with van der Waals surface area (Å²) in [5.41, 5.74) is 6.45. The molecule has 0 aliphatic carbocycles. The van der Waals surface area contributed by atoms with Crippen LogP contribution in [0.5, 0.6) is 0 Å². The number of sulfonamides is 1. The molecule has 1 aliphatic heterocycles. The van der Waals surface area contributed by atoms with Crippen LogP contribution in [0.2, 0.25) is 0 Å². The summed E-state index contributed by atoms with van der Waals surface area (Å²) >= 11 is 0. The van der Waals surface area contributed by atoms with Gasteiger partial charge in [0.25, 0.3) is 0 Å². The van der Waals surface area contributed by atoms with Crippen LogP contribution < -0.4 is 5.73 Å². The van der Waals surface area contributed by atoms with E-state index in [9.17, 15) is 8.42 Å². The fourth-order valence-corrected chi connectivity index (χ4v) is 4.36. The number of pyridine rings is 1. The lowest BCUT2D eigenvalue weighted by molar-refractivity contribution is 0.395. The van der Waals surface area contributed by atoms with Crippen molar-refractivity contribution < 1.29 is 8.42 Å². The Morgan fingerprint density at radius 2 is 2.05 bits per heavy atom. The molecule has 0 radical (unpaired) electrons. The van der Waals surface area contributed by atoms with Crippen LogP contribution in [0.4, 0.5) is 0 Å². The van der Waals surface area contributed by atoms with Gasteiger partial charge in [0.1, 0.15) is 0 Å². The van der Waals surface area contributed by atoms with Gasteiger partial charge in [0, 0.05) is 25.0 Å². The van der Waals surface area contributed by atoms with Crippen LogP contribution in [-0.2, 0) is 10.0 Å². The van der Waals surface area contributed by atoms with Crippen LogP contribution in [0, 0.1) is 0 Å². The van der Waals surface area contributed by atoms with Gasteiger partial charge in [-0.05, 0) is 49.9 Å². The van der Waals surface area contributed by atoms with Gasteiger partial charge in [-0.2, -0.15) is 4.31 Å². The second-order valence-electron chi connectivity index (χ2n) is 4.86. The monoisotopic (exact) mass is 283 g/mol. The lowest BCUT2D eigenvalue weighted by atomic mass is 10.1. The lowest BCUT2D eigenvalue weighted by Crippen LogP contribution is -2.32. The SMILES string of the molecule is NCCCCS(=O)(=O)N1CCCC1c1ccncc1. The Bertz CT molecular complexity index is 490. The summed E-state index contributed by atoms with van der Waals surface area (Å²) in [5.74, 6) is 0.200. The lowest BCUT2D eigenvalue weighted by Gasteiger charge is -2.24. The molecule has 6 heteroatoms. The van der Waals surface area contributed by atoms with E-state index in [2.05, 4.69) is 4.98 Å². The number of rotatable bonds is 6. The summed E-state index contributed by atoms with van der Waals surface area (Å²) in [7, 11) is -3.17. The van der Waals surface area contributed by atoms with Crippen molar-refractivity contribution in [3.8, 4) is 0 Å². The zero-order chi connectivity index (χ0) is 13.7. The molecule has 1 saturated heterocycles. The molecule has 0 spiro atoms. The van der Waals surface area contributed by atoms with Crippen molar-refractivity contribution in [3.05, 3.63) is 30.1 Å². The molecular formula is C13H21N3O2S. The van der Waals surface area contributed by atoms with E-state index in [0.717, 1.165) is 24.8 Å². The van der Waals surface area contributed by atoms with Gasteiger partial charge in [-0.15, -0.1) is 0 Å². The molecule has 2 N–H and O–H groups in total. The Hall–Kier alpha value is -0.980. The van der Waals surface area contributed by atoms with Crippen LogP contribution in [0.1, 0.15) is 37.3 Å². The van der Waals surface area contributed by atoms with Gasteiger partial charge in [0.05, 0.1) is 5.75 Å². The first-order valence-corrected chi connectivity index (χ1v) is 8.35. The molecule has 106 valence electrons. The van der Waals surface area contributed by atoms with E-state index in [-0.39, 0.29) is 11.8 Å². The third-order valence-corrected chi connectivity index (χ3v) is 5.46. The predicted molar refractivity (Wildman–Crippen MR) is 75.0 cm³/mol. The summed E-state index contributed by atoms with van der Waals surface area (Å²) in [6, 6.07) is 3.78. The molecule has 0 bridgehead atoms. The normalized spacial score (nSPS) is 20.8. The molecule has 1 atom stereocenters. The number of nitrogens with zero attached hydrogens (tertiary/aromatic N) is 2. The van der Waals surface area contributed by atoms with E-state index in [1.165, 1.54) is 0 Å². The molecule has 2 rings (SSSR count). The Morgan fingerprint density at radius 3 is 2.74 bits per heavy atom.